The molecule has 0 fully saturated rings. The first-order chi connectivity index (χ1) is 15.0. The number of carbonyl (C=O) groups is 1. The smallest absolute Gasteiger partial charge is 0.249 e. The number of nitrogens with zero attached hydrogens (tertiary/aromatic N) is 1. The molecule has 0 radical (unpaired) electrons. The van der Waals surface area contributed by atoms with E-state index in [-0.39, 0.29) is 0 Å². The molecule has 5 nitrogen and oxygen atoms in total. The summed E-state index contributed by atoms with van der Waals surface area (Å²) in [5, 5.41) is 0. The number of pyridine rings is 1. The average molecular weight is 409 g/mol. The Kier molecular flexibility index (Phi) is 5.78. The van der Waals surface area contributed by atoms with Gasteiger partial charge in [0.2, 0.25) is 11.8 Å². The van der Waals surface area contributed by atoms with Crippen LogP contribution < -0.4 is 16.2 Å². The minimum atomic E-state index is -0.494. The number of aryl methyl sites for hydroxylation is 1. The SMILES string of the molecule is Cc1cc(Oc2cccc(-c3ccccc3C(N)=O)n2)cc(-c2cccc(CN)c2)c1. The van der Waals surface area contributed by atoms with Gasteiger partial charge < -0.3 is 16.2 Å². The Balaban J connectivity index is 1.67. The van der Waals surface area contributed by atoms with Crippen LogP contribution in [0.4, 0.5) is 0 Å². The van der Waals surface area contributed by atoms with E-state index in [1.54, 1.807) is 18.2 Å². The summed E-state index contributed by atoms with van der Waals surface area (Å²) in [6.45, 7) is 2.52. The number of carbonyl (C=O) groups excluding carboxylic acids is 1. The van der Waals surface area contributed by atoms with Crippen molar-refractivity contribution in [3.05, 3.63) is 102 Å². The van der Waals surface area contributed by atoms with Crippen LogP contribution in [0.1, 0.15) is 21.5 Å². The molecule has 4 rings (SSSR count). The zero-order valence-electron chi connectivity index (χ0n) is 17.2. The predicted octanol–water partition coefficient (Wildman–Crippen LogP) is 5.07. The highest BCUT2D eigenvalue weighted by Crippen LogP contribution is 2.30. The standard InChI is InChI=1S/C26H23N3O2/c1-17-12-20(19-7-4-6-18(14-19)16-27)15-21(13-17)31-25-11-5-10-24(29-25)22-8-2-3-9-23(22)26(28)30/h2-15H,16,27H2,1H3,(H2,28,30). The molecule has 1 heterocycles. The Bertz CT molecular complexity index is 1250. The normalized spacial score (nSPS) is 10.6. The minimum absolute atomic E-state index is 0.421. The molecule has 0 saturated heterocycles. The van der Waals surface area contributed by atoms with Crippen LogP contribution in [0.15, 0.2) is 84.9 Å². The van der Waals surface area contributed by atoms with Crippen molar-refractivity contribution in [1.29, 1.82) is 0 Å². The van der Waals surface area contributed by atoms with Gasteiger partial charge in [0, 0.05) is 23.7 Å². The zero-order valence-corrected chi connectivity index (χ0v) is 17.2. The first-order valence-corrected chi connectivity index (χ1v) is 9.98. The second-order valence-corrected chi connectivity index (χ2v) is 7.31. The largest absolute Gasteiger partial charge is 0.439 e. The number of ether oxygens (including phenoxy) is 1. The minimum Gasteiger partial charge on any atom is -0.439 e. The van der Waals surface area contributed by atoms with E-state index in [1.165, 1.54) is 0 Å². The van der Waals surface area contributed by atoms with Gasteiger partial charge >= 0.3 is 0 Å². The van der Waals surface area contributed by atoms with Crippen LogP contribution in [0.3, 0.4) is 0 Å². The molecule has 0 spiro atoms. The van der Waals surface area contributed by atoms with Gasteiger partial charge in [-0.15, -0.1) is 0 Å². The lowest BCUT2D eigenvalue weighted by molar-refractivity contribution is 0.100. The first-order valence-electron chi connectivity index (χ1n) is 9.98. The fourth-order valence-corrected chi connectivity index (χ4v) is 3.52. The quantitative estimate of drug-likeness (QED) is 0.465. The molecule has 0 unspecified atom stereocenters. The highest BCUT2D eigenvalue weighted by atomic mass is 16.5. The summed E-state index contributed by atoms with van der Waals surface area (Å²) in [7, 11) is 0. The monoisotopic (exact) mass is 409 g/mol. The Hall–Kier alpha value is -3.96. The summed E-state index contributed by atoms with van der Waals surface area (Å²) in [5.74, 6) is 0.622. The molecule has 0 bridgehead atoms. The first kappa shape index (κ1) is 20.3. The van der Waals surface area contributed by atoms with Gasteiger partial charge in [-0.3, -0.25) is 4.79 Å². The molecule has 3 aromatic carbocycles. The van der Waals surface area contributed by atoms with Gasteiger partial charge in [-0.05, 0) is 59.5 Å². The molecule has 1 amide bonds. The van der Waals surface area contributed by atoms with Crippen molar-refractivity contribution in [2.75, 3.05) is 0 Å². The topological polar surface area (TPSA) is 91.2 Å². The van der Waals surface area contributed by atoms with Gasteiger partial charge in [-0.1, -0.05) is 48.5 Å². The molecule has 1 aromatic heterocycles. The fraction of sp³-hybridized carbons (Fsp3) is 0.0769. The Morgan fingerprint density at radius 2 is 1.71 bits per heavy atom. The van der Waals surface area contributed by atoms with E-state index in [1.807, 2.05) is 55.5 Å². The van der Waals surface area contributed by atoms with E-state index < -0.39 is 5.91 Å². The van der Waals surface area contributed by atoms with Crippen molar-refractivity contribution in [1.82, 2.24) is 4.98 Å². The van der Waals surface area contributed by atoms with Gasteiger partial charge in [0.1, 0.15) is 5.75 Å². The van der Waals surface area contributed by atoms with Gasteiger partial charge in [0.15, 0.2) is 0 Å². The highest BCUT2D eigenvalue weighted by Gasteiger charge is 2.12. The van der Waals surface area contributed by atoms with E-state index in [4.69, 9.17) is 16.2 Å². The van der Waals surface area contributed by atoms with Crippen LogP contribution in [0, 0.1) is 6.92 Å². The Morgan fingerprint density at radius 1 is 0.903 bits per heavy atom. The van der Waals surface area contributed by atoms with Crippen LogP contribution in [0.25, 0.3) is 22.4 Å². The lowest BCUT2D eigenvalue weighted by atomic mass is 10.0. The maximum absolute atomic E-state index is 11.8. The maximum Gasteiger partial charge on any atom is 0.249 e. The molecule has 0 aliphatic rings. The summed E-state index contributed by atoms with van der Waals surface area (Å²) in [4.78, 5) is 16.4. The molecule has 4 aromatic rings. The lowest BCUT2D eigenvalue weighted by Crippen LogP contribution is -2.12. The molecular weight excluding hydrogens is 386 g/mol. The summed E-state index contributed by atoms with van der Waals surface area (Å²) in [6, 6.07) is 26.8. The second-order valence-electron chi connectivity index (χ2n) is 7.31. The zero-order chi connectivity index (χ0) is 21.8. The number of aromatic nitrogens is 1. The van der Waals surface area contributed by atoms with Crippen LogP contribution in [0.2, 0.25) is 0 Å². The number of hydrogen-bond acceptors (Lipinski definition) is 4. The second kappa shape index (κ2) is 8.81. The Morgan fingerprint density at radius 3 is 2.52 bits per heavy atom. The van der Waals surface area contributed by atoms with Crippen LogP contribution in [0.5, 0.6) is 11.6 Å². The average Bonchev–Trinajstić information content (AvgIpc) is 2.79. The third-order valence-electron chi connectivity index (χ3n) is 4.96. The van der Waals surface area contributed by atoms with E-state index in [0.717, 1.165) is 22.3 Å². The van der Waals surface area contributed by atoms with E-state index in [2.05, 4.69) is 23.2 Å². The van der Waals surface area contributed by atoms with Gasteiger partial charge in [-0.2, -0.15) is 0 Å². The number of benzene rings is 3. The van der Waals surface area contributed by atoms with Crippen molar-refractivity contribution in [3.63, 3.8) is 0 Å². The van der Waals surface area contributed by atoms with Crippen LogP contribution in [-0.2, 0) is 6.54 Å². The summed E-state index contributed by atoms with van der Waals surface area (Å²) in [6.07, 6.45) is 0. The lowest BCUT2D eigenvalue weighted by Gasteiger charge is -2.11. The number of hydrogen-bond donors (Lipinski definition) is 2. The van der Waals surface area contributed by atoms with Crippen molar-refractivity contribution >= 4 is 5.91 Å². The van der Waals surface area contributed by atoms with Crippen LogP contribution in [-0.4, -0.2) is 10.9 Å². The van der Waals surface area contributed by atoms with Crippen molar-refractivity contribution < 1.29 is 9.53 Å². The molecule has 0 aliphatic carbocycles. The predicted molar refractivity (Wildman–Crippen MR) is 123 cm³/mol. The number of rotatable bonds is 6. The summed E-state index contributed by atoms with van der Waals surface area (Å²) >= 11 is 0. The molecule has 154 valence electrons. The van der Waals surface area contributed by atoms with Gasteiger partial charge in [0.25, 0.3) is 0 Å². The molecule has 5 heteroatoms. The third-order valence-corrected chi connectivity index (χ3v) is 4.96. The summed E-state index contributed by atoms with van der Waals surface area (Å²) in [5.41, 5.74) is 17.3. The third kappa shape index (κ3) is 4.63. The molecule has 0 atom stereocenters. The molecule has 4 N–H and O–H groups in total. The number of primary amides is 1. The number of amides is 1. The molecule has 0 aliphatic heterocycles. The van der Waals surface area contributed by atoms with Crippen LogP contribution >= 0.6 is 0 Å². The van der Waals surface area contributed by atoms with E-state index in [9.17, 15) is 4.79 Å². The summed E-state index contributed by atoms with van der Waals surface area (Å²) < 4.78 is 6.09. The van der Waals surface area contributed by atoms with Crippen molar-refractivity contribution in [2.24, 2.45) is 11.5 Å². The molecular formula is C26H23N3O2. The Labute approximate surface area is 181 Å². The van der Waals surface area contributed by atoms with E-state index in [0.29, 0.717) is 35.0 Å². The van der Waals surface area contributed by atoms with Crippen molar-refractivity contribution in [2.45, 2.75) is 13.5 Å². The van der Waals surface area contributed by atoms with Gasteiger partial charge in [0.05, 0.1) is 5.69 Å². The number of nitrogens with two attached hydrogens (primary N) is 2. The van der Waals surface area contributed by atoms with Gasteiger partial charge in [-0.25, -0.2) is 4.98 Å². The molecule has 0 saturated carbocycles. The highest BCUT2D eigenvalue weighted by molar-refractivity contribution is 5.99. The maximum atomic E-state index is 11.8. The molecule has 31 heavy (non-hydrogen) atoms. The van der Waals surface area contributed by atoms with Crippen molar-refractivity contribution in [3.8, 4) is 34.0 Å². The van der Waals surface area contributed by atoms with E-state index >= 15 is 0 Å². The fourth-order valence-electron chi connectivity index (χ4n) is 3.52.